The third-order valence-corrected chi connectivity index (χ3v) is 5.11. The molecule has 1 aliphatic heterocycles. The molecule has 0 aliphatic carbocycles. The Bertz CT molecular complexity index is 1120. The molecule has 0 aromatic heterocycles. The highest BCUT2D eigenvalue weighted by atomic mass is 35.5. The van der Waals surface area contributed by atoms with E-state index in [1.807, 2.05) is 0 Å². The Morgan fingerprint density at radius 3 is 2.34 bits per heavy atom. The van der Waals surface area contributed by atoms with Gasteiger partial charge < -0.3 is 14.2 Å². The number of hydrogen-bond donors (Lipinski definition) is 0. The first-order valence-electron chi connectivity index (χ1n) is 9.91. The molecule has 0 N–H and O–H groups in total. The lowest BCUT2D eigenvalue weighted by Crippen LogP contribution is -2.33. The van der Waals surface area contributed by atoms with Crippen LogP contribution in [0, 0.1) is 5.82 Å². The van der Waals surface area contributed by atoms with Crippen LogP contribution in [0.4, 0.5) is 14.9 Å². The predicted molar refractivity (Wildman–Crippen MR) is 116 cm³/mol. The van der Waals surface area contributed by atoms with Crippen molar-refractivity contribution in [3.05, 3.63) is 89.2 Å². The van der Waals surface area contributed by atoms with Gasteiger partial charge in [-0.05, 0) is 73.2 Å². The molecule has 1 heterocycles. The molecule has 0 radical (unpaired) electrons. The Morgan fingerprint density at radius 2 is 1.72 bits per heavy atom. The van der Waals surface area contributed by atoms with Crippen LogP contribution < -0.4 is 9.64 Å². The molecule has 3 aromatic rings. The molecule has 2 atom stereocenters. The van der Waals surface area contributed by atoms with Gasteiger partial charge in [0.2, 0.25) is 6.10 Å². The first-order chi connectivity index (χ1) is 15.5. The Hall–Kier alpha value is -3.58. The van der Waals surface area contributed by atoms with Gasteiger partial charge in [-0.3, -0.25) is 4.90 Å². The first-order valence-corrected chi connectivity index (χ1v) is 10.3. The van der Waals surface area contributed by atoms with E-state index < -0.39 is 30.0 Å². The molecule has 0 bridgehead atoms. The van der Waals surface area contributed by atoms with E-state index in [1.165, 1.54) is 23.1 Å². The second-order valence-electron chi connectivity index (χ2n) is 6.98. The molecule has 1 fully saturated rings. The van der Waals surface area contributed by atoms with Gasteiger partial charge in [0.1, 0.15) is 23.4 Å². The van der Waals surface area contributed by atoms with Crippen molar-refractivity contribution in [3.8, 4) is 11.5 Å². The standard InChI is InChI=1S/C24H19ClFNO5/c1-2-30-23(28)22-21(15-4-3-5-17(26)14-15)27(24(29)32-22)18-8-12-20(13-9-18)31-19-10-6-16(25)7-11-19/h3-14,21-22H,2H2,1H3/t21-,22+/m0/s1. The SMILES string of the molecule is CCOC(=O)[C@@H]1OC(=O)N(c2ccc(Oc3ccc(Cl)cc3)cc2)[C@H]1c1cccc(F)c1. The summed E-state index contributed by atoms with van der Waals surface area (Å²) in [7, 11) is 0. The highest BCUT2D eigenvalue weighted by molar-refractivity contribution is 6.30. The van der Waals surface area contributed by atoms with Crippen LogP contribution in [0.15, 0.2) is 72.8 Å². The largest absolute Gasteiger partial charge is 0.463 e. The van der Waals surface area contributed by atoms with Gasteiger partial charge in [0.05, 0.1) is 6.61 Å². The normalized spacial score (nSPS) is 17.7. The van der Waals surface area contributed by atoms with Crippen molar-refractivity contribution in [1.82, 2.24) is 0 Å². The number of halogens is 2. The van der Waals surface area contributed by atoms with Crippen LogP contribution >= 0.6 is 11.6 Å². The highest BCUT2D eigenvalue weighted by Gasteiger charge is 2.48. The van der Waals surface area contributed by atoms with Crippen molar-refractivity contribution < 1.29 is 28.2 Å². The fourth-order valence-electron chi connectivity index (χ4n) is 3.47. The highest BCUT2D eigenvalue weighted by Crippen LogP contribution is 2.39. The number of carbonyl (C=O) groups is 2. The number of esters is 1. The van der Waals surface area contributed by atoms with Crippen LogP contribution in [0.1, 0.15) is 18.5 Å². The number of hydrogen-bond acceptors (Lipinski definition) is 5. The van der Waals surface area contributed by atoms with Crippen molar-refractivity contribution >= 4 is 29.4 Å². The van der Waals surface area contributed by atoms with Gasteiger partial charge in [0.15, 0.2) is 0 Å². The Labute approximate surface area is 189 Å². The minimum atomic E-state index is -1.23. The van der Waals surface area contributed by atoms with Crippen LogP contribution in [-0.4, -0.2) is 24.8 Å². The Balaban J connectivity index is 1.64. The van der Waals surface area contributed by atoms with E-state index in [0.717, 1.165) is 0 Å². The van der Waals surface area contributed by atoms with Crippen LogP contribution in [0.2, 0.25) is 5.02 Å². The molecule has 0 spiro atoms. The molecule has 0 unspecified atom stereocenters. The predicted octanol–water partition coefficient (Wildman–Crippen LogP) is 5.90. The first kappa shape index (κ1) is 21.6. The number of cyclic esters (lactones) is 1. The van der Waals surface area contributed by atoms with E-state index >= 15 is 0 Å². The molecule has 1 aliphatic rings. The van der Waals surface area contributed by atoms with E-state index in [0.29, 0.717) is 27.8 Å². The molecule has 0 saturated carbocycles. The minimum Gasteiger partial charge on any atom is -0.463 e. The van der Waals surface area contributed by atoms with Crippen molar-refractivity contribution in [3.63, 3.8) is 0 Å². The van der Waals surface area contributed by atoms with Gasteiger partial charge in [-0.1, -0.05) is 23.7 Å². The number of rotatable bonds is 6. The molecule has 4 rings (SSSR count). The zero-order valence-corrected chi connectivity index (χ0v) is 17.8. The average molecular weight is 456 g/mol. The van der Waals surface area contributed by atoms with Crippen LogP contribution in [0.25, 0.3) is 0 Å². The van der Waals surface area contributed by atoms with E-state index in [-0.39, 0.29) is 6.61 Å². The number of nitrogens with zero attached hydrogens (tertiary/aromatic N) is 1. The van der Waals surface area contributed by atoms with Gasteiger partial charge in [-0.25, -0.2) is 14.0 Å². The van der Waals surface area contributed by atoms with Crippen molar-refractivity contribution in [2.45, 2.75) is 19.1 Å². The number of carbonyl (C=O) groups excluding carboxylic acids is 2. The molecular weight excluding hydrogens is 437 g/mol. The number of anilines is 1. The number of ether oxygens (including phenoxy) is 3. The fraction of sp³-hybridized carbons (Fsp3) is 0.167. The smallest absolute Gasteiger partial charge is 0.415 e. The number of benzene rings is 3. The summed E-state index contributed by atoms with van der Waals surface area (Å²) in [6, 6.07) is 18.4. The molecule has 32 heavy (non-hydrogen) atoms. The van der Waals surface area contributed by atoms with Gasteiger partial charge in [0, 0.05) is 10.7 Å². The summed E-state index contributed by atoms with van der Waals surface area (Å²) >= 11 is 5.89. The lowest BCUT2D eigenvalue weighted by Gasteiger charge is -2.24. The summed E-state index contributed by atoms with van der Waals surface area (Å²) in [5.74, 6) is -0.0490. The van der Waals surface area contributed by atoms with E-state index in [2.05, 4.69) is 0 Å². The summed E-state index contributed by atoms with van der Waals surface area (Å²) in [5, 5.41) is 0.597. The maximum atomic E-state index is 13.9. The van der Waals surface area contributed by atoms with Crippen LogP contribution in [0.5, 0.6) is 11.5 Å². The zero-order valence-electron chi connectivity index (χ0n) is 17.0. The maximum Gasteiger partial charge on any atom is 0.415 e. The van der Waals surface area contributed by atoms with Crippen LogP contribution in [-0.2, 0) is 14.3 Å². The zero-order chi connectivity index (χ0) is 22.7. The second-order valence-corrected chi connectivity index (χ2v) is 7.41. The quantitative estimate of drug-likeness (QED) is 0.433. The lowest BCUT2D eigenvalue weighted by atomic mass is 10.00. The summed E-state index contributed by atoms with van der Waals surface area (Å²) in [6.07, 6.45) is -1.96. The summed E-state index contributed by atoms with van der Waals surface area (Å²) in [6.45, 7) is 1.78. The Kier molecular flexibility index (Phi) is 6.28. The van der Waals surface area contributed by atoms with Gasteiger partial charge >= 0.3 is 12.1 Å². The molecule has 1 saturated heterocycles. The second kappa shape index (κ2) is 9.28. The summed E-state index contributed by atoms with van der Waals surface area (Å²) in [4.78, 5) is 26.5. The van der Waals surface area contributed by atoms with E-state index in [9.17, 15) is 14.0 Å². The lowest BCUT2D eigenvalue weighted by molar-refractivity contribution is -0.152. The maximum absolute atomic E-state index is 13.9. The fourth-order valence-corrected chi connectivity index (χ4v) is 3.60. The average Bonchev–Trinajstić information content (AvgIpc) is 3.13. The molecular formula is C24H19ClFNO5. The molecule has 1 amide bonds. The van der Waals surface area contributed by atoms with Crippen molar-refractivity contribution in [2.24, 2.45) is 0 Å². The monoisotopic (exact) mass is 455 g/mol. The van der Waals surface area contributed by atoms with Crippen molar-refractivity contribution in [1.29, 1.82) is 0 Å². The third kappa shape index (κ3) is 4.53. The molecule has 164 valence electrons. The summed E-state index contributed by atoms with van der Waals surface area (Å²) in [5.41, 5.74) is 0.870. The van der Waals surface area contributed by atoms with Gasteiger partial charge in [-0.15, -0.1) is 0 Å². The molecule has 8 heteroatoms. The molecule has 6 nitrogen and oxygen atoms in total. The van der Waals surface area contributed by atoms with Crippen molar-refractivity contribution in [2.75, 3.05) is 11.5 Å². The van der Waals surface area contributed by atoms with Crippen LogP contribution in [0.3, 0.4) is 0 Å². The van der Waals surface area contributed by atoms with Gasteiger partial charge in [0.25, 0.3) is 0 Å². The number of amides is 1. The summed E-state index contributed by atoms with van der Waals surface area (Å²) < 4.78 is 30.1. The van der Waals surface area contributed by atoms with Gasteiger partial charge in [-0.2, -0.15) is 0 Å². The topological polar surface area (TPSA) is 65.1 Å². The van der Waals surface area contributed by atoms with E-state index in [4.69, 9.17) is 25.8 Å². The third-order valence-electron chi connectivity index (χ3n) is 4.86. The Morgan fingerprint density at radius 1 is 1.06 bits per heavy atom. The van der Waals surface area contributed by atoms with E-state index in [1.54, 1.807) is 61.5 Å². The minimum absolute atomic E-state index is 0.124. The molecule has 3 aromatic carbocycles.